The van der Waals surface area contributed by atoms with Gasteiger partial charge in [0.2, 0.25) is 0 Å². The summed E-state index contributed by atoms with van der Waals surface area (Å²) in [6.07, 6.45) is 3.94. The van der Waals surface area contributed by atoms with E-state index in [1.807, 2.05) is 42.5 Å². The van der Waals surface area contributed by atoms with Gasteiger partial charge in [0.1, 0.15) is 17.5 Å². The van der Waals surface area contributed by atoms with Crippen molar-refractivity contribution in [2.45, 2.75) is 44.8 Å². The molecule has 2 aromatic heterocycles. The van der Waals surface area contributed by atoms with Crippen molar-refractivity contribution in [2.75, 3.05) is 72.2 Å². The molecule has 11 nitrogen and oxygen atoms in total. The number of hydrogen-bond donors (Lipinski definition) is 3. The van der Waals surface area contributed by atoms with Gasteiger partial charge >= 0.3 is 6.03 Å². The van der Waals surface area contributed by atoms with Gasteiger partial charge in [-0.25, -0.2) is 19.7 Å². The van der Waals surface area contributed by atoms with E-state index in [-0.39, 0.29) is 12.1 Å². The second kappa shape index (κ2) is 11.9. The second-order valence-electron chi connectivity index (χ2n) is 11.4. The van der Waals surface area contributed by atoms with Gasteiger partial charge in [-0.1, -0.05) is 0 Å². The Kier molecular flexibility index (Phi) is 7.89. The summed E-state index contributed by atoms with van der Waals surface area (Å²) >= 11 is 0. The van der Waals surface area contributed by atoms with E-state index in [0.717, 1.165) is 75.3 Å². The lowest BCUT2D eigenvalue weighted by atomic mass is 10.2. The van der Waals surface area contributed by atoms with Crippen LogP contribution in [0.25, 0.3) is 11.4 Å². The van der Waals surface area contributed by atoms with Gasteiger partial charge in [0.15, 0.2) is 5.82 Å². The molecule has 6 rings (SSSR count). The molecule has 41 heavy (non-hydrogen) atoms. The predicted octanol–water partition coefficient (Wildman–Crippen LogP) is 4.12. The number of pyridine rings is 1. The molecule has 2 atom stereocenters. The Labute approximate surface area is 241 Å². The second-order valence-corrected chi connectivity index (χ2v) is 11.4. The molecule has 5 heterocycles. The van der Waals surface area contributed by atoms with E-state index in [1.54, 1.807) is 6.20 Å². The molecule has 3 N–H and O–H groups in total. The SMILES string of the molecule is CC(C)Nc1cc(N2C3CCC2COC3)nc(-c2ccc(NC(=O)Nc3ccc(N4CCN(C)CC4)nc3)cc2)n1. The molecular formula is C30H39N9O2. The Balaban J connectivity index is 1.12. The van der Waals surface area contributed by atoms with E-state index >= 15 is 0 Å². The molecule has 0 radical (unpaired) electrons. The number of piperazine rings is 1. The van der Waals surface area contributed by atoms with Crippen molar-refractivity contribution in [3.8, 4) is 11.4 Å². The molecule has 3 fully saturated rings. The number of urea groups is 1. The Morgan fingerprint density at radius 2 is 1.59 bits per heavy atom. The van der Waals surface area contributed by atoms with E-state index in [4.69, 9.17) is 14.7 Å². The lowest BCUT2D eigenvalue weighted by Gasteiger charge is -2.36. The highest BCUT2D eigenvalue weighted by molar-refractivity contribution is 5.99. The van der Waals surface area contributed by atoms with Crippen molar-refractivity contribution in [1.82, 2.24) is 19.9 Å². The third-order valence-electron chi connectivity index (χ3n) is 7.89. The Bertz CT molecular complexity index is 1330. The van der Waals surface area contributed by atoms with Gasteiger partial charge in [-0.2, -0.15) is 0 Å². The molecule has 3 aliphatic rings. The summed E-state index contributed by atoms with van der Waals surface area (Å²) in [6.45, 7) is 9.62. The highest BCUT2D eigenvalue weighted by Gasteiger charge is 2.38. The Hall–Kier alpha value is -3.96. The monoisotopic (exact) mass is 557 g/mol. The van der Waals surface area contributed by atoms with Crippen molar-refractivity contribution >= 4 is 34.9 Å². The van der Waals surface area contributed by atoms with Crippen LogP contribution in [0.3, 0.4) is 0 Å². The highest BCUT2D eigenvalue weighted by Crippen LogP contribution is 2.35. The maximum absolute atomic E-state index is 12.7. The molecule has 11 heteroatoms. The normalized spacial score (nSPS) is 20.8. The number of likely N-dealkylation sites (N-methyl/N-ethyl adjacent to an activating group) is 1. The number of benzene rings is 1. The zero-order valence-electron chi connectivity index (χ0n) is 24.0. The number of rotatable bonds is 7. The molecule has 3 aromatic rings. The van der Waals surface area contributed by atoms with Gasteiger partial charge in [-0.05, 0) is 70.1 Å². The van der Waals surface area contributed by atoms with Crippen molar-refractivity contribution in [2.24, 2.45) is 0 Å². The van der Waals surface area contributed by atoms with Gasteiger partial charge in [-0.15, -0.1) is 0 Å². The minimum Gasteiger partial charge on any atom is -0.377 e. The average molecular weight is 558 g/mol. The topological polar surface area (TPSA) is 111 Å². The number of aromatic nitrogens is 3. The van der Waals surface area contributed by atoms with Gasteiger partial charge in [0, 0.05) is 49.5 Å². The van der Waals surface area contributed by atoms with Gasteiger partial charge in [0.25, 0.3) is 0 Å². The highest BCUT2D eigenvalue weighted by atomic mass is 16.5. The van der Waals surface area contributed by atoms with Crippen LogP contribution >= 0.6 is 0 Å². The standard InChI is InChI=1S/C30H39N9O2/c1-20(2)32-26-16-28(39-24-9-10-25(39)19-41-18-24)36-29(35-26)21-4-6-22(7-5-21)33-30(40)34-23-8-11-27(31-17-23)38-14-12-37(3)13-15-38/h4-8,11,16-17,20,24-25H,9-10,12-15,18-19H2,1-3H3,(H,32,35,36)(H2,33,34,40). The number of carbonyl (C=O) groups excluding carboxylic acids is 1. The lowest BCUT2D eigenvalue weighted by Crippen LogP contribution is -2.46. The maximum Gasteiger partial charge on any atom is 0.323 e. The molecule has 0 aliphatic carbocycles. The summed E-state index contributed by atoms with van der Waals surface area (Å²) < 4.78 is 5.79. The fourth-order valence-electron chi connectivity index (χ4n) is 5.75. The zero-order chi connectivity index (χ0) is 28.3. The summed E-state index contributed by atoms with van der Waals surface area (Å²) in [5, 5.41) is 9.22. The van der Waals surface area contributed by atoms with Crippen LogP contribution in [-0.2, 0) is 4.74 Å². The number of nitrogens with one attached hydrogen (secondary N) is 3. The minimum absolute atomic E-state index is 0.246. The summed E-state index contributed by atoms with van der Waals surface area (Å²) in [5.74, 6) is 3.32. The fourth-order valence-corrected chi connectivity index (χ4v) is 5.75. The van der Waals surface area contributed by atoms with Crippen molar-refractivity contribution in [3.63, 3.8) is 0 Å². The van der Waals surface area contributed by atoms with Crippen LogP contribution in [0.2, 0.25) is 0 Å². The molecule has 216 valence electrons. The lowest BCUT2D eigenvalue weighted by molar-refractivity contribution is 0.0902. The third kappa shape index (κ3) is 6.36. The van der Waals surface area contributed by atoms with Crippen LogP contribution < -0.4 is 25.8 Å². The molecule has 0 spiro atoms. The maximum atomic E-state index is 12.7. The molecule has 2 amide bonds. The largest absolute Gasteiger partial charge is 0.377 e. The van der Waals surface area contributed by atoms with E-state index in [0.29, 0.717) is 29.3 Å². The fraction of sp³-hybridized carbons (Fsp3) is 0.467. The molecular weight excluding hydrogens is 518 g/mol. The van der Waals surface area contributed by atoms with Gasteiger partial charge in [0.05, 0.1) is 37.2 Å². The smallest absolute Gasteiger partial charge is 0.323 e. The van der Waals surface area contributed by atoms with Crippen LogP contribution in [0.4, 0.5) is 33.6 Å². The quantitative estimate of drug-likeness (QED) is 0.395. The summed E-state index contributed by atoms with van der Waals surface area (Å²) in [7, 11) is 2.13. The third-order valence-corrected chi connectivity index (χ3v) is 7.89. The van der Waals surface area contributed by atoms with E-state index in [1.165, 1.54) is 0 Å². The number of carbonyl (C=O) groups is 1. The van der Waals surface area contributed by atoms with Crippen molar-refractivity contribution in [3.05, 3.63) is 48.7 Å². The molecule has 3 saturated heterocycles. The Morgan fingerprint density at radius 1 is 0.902 bits per heavy atom. The molecule has 1 aromatic carbocycles. The summed E-state index contributed by atoms with van der Waals surface area (Å²) in [4.78, 5) is 34.0. The van der Waals surface area contributed by atoms with Crippen LogP contribution in [0, 0.1) is 0 Å². The first-order valence-corrected chi connectivity index (χ1v) is 14.5. The van der Waals surface area contributed by atoms with Gasteiger partial charge < -0.3 is 35.4 Å². The van der Waals surface area contributed by atoms with Gasteiger partial charge in [-0.3, -0.25) is 0 Å². The van der Waals surface area contributed by atoms with Crippen LogP contribution in [0.1, 0.15) is 26.7 Å². The first-order chi connectivity index (χ1) is 19.9. The van der Waals surface area contributed by atoms with E-state index < -0.39 is 0 Å². The first-order valence-electron chi connectivity index (χ1n) is 14.5. The number of ether oxygens (including phenoxy) is 1. The molecule has 3 aliphatic heterocycles. The Morgan fingerprint density at radius 3 is 2.24 bits per heavy atom. The predicted molar refractivity (Wildman–Crippen MR) is 163 cm³/mol. The van der Waals surface area contributed by atoms with E-state index in [2.05, 4.69) is 56.5 Å². The average Bonchev–Trinajstić information content (AvgIpc) is 3.21. The van der Waals surface area contributed by atoms with Crippen molar-refractivity contribution in [1.29, 1.82) is 0 Å². The first kappa shape index (κ1) is 27.2. The number of hydrogen-bond acceptors (Lipinski definition) is 9. The number of amides is 2. The van der Waals surface area contributed by atoms with Crippen molar-refractivity contribution < 1.29 is 9.53 Å². The van der Waals surface area contributed by atoms with Crippen LogP contribution in [0.5, 0.6) is 0 Å². The zero-order valence-corrected chi connectivity index (χ0v) is 24.0. The van der Waals surface area contributed by atoms with Crippen LogP contribution in [-0.4, -0.2) is 90.4 Å². The number of nitrogens with zero attached hydrogens (tertiary/aromatic N) is 6. The molecule has 2 unspecified atom stereocenters. The summed E-state index contributed by atoms with van der Waals surface area (Å²) in [6, 6.07) is 14.1. The minimum atomic E-state index is -0.323. The number of morpholine rings is 1. The molecule has 2 bridgehead atoms. The van der Waals surface area contributed by atoms with Crippen LogP contribution in [0.15, 0.2) is 48.7 Å². The molecule has 0 saturated carbocycles. The number of anilines is 5. The van der Waals surface area contributed by atoms with E-state index in [9.17, 15) is 4.79 Å². The number of fused-ring (bicyclic) bond motifs is 2. The summed E-state index contributed by atoms with van der Waals surface area (Å²) in [5.41, 5.74) is 2.20.